The average molecular weight is 375 g/mol. The molecule has 1 amide bonds. The van der Waals surface area contributed by atoms with Crippen LogP contribution >= 0.6 is 11.6 Å². The van der Waals surface area contributed by atoms with Crippen LogP contribution in [0.25, 0.3) is 0 Å². The Morgan fingerprint density at radius 1 is 1.28 bits per heavy atom. The molecule has 0 radical (unpaired) electrons. The Balaban J connectivity index is 1.83. The summed E-state index contributed by atoms with van der Waals surface area (Å²) in [6.45, 7) is -0.0138. The molecule has 0 unspecified atom stereocenters. The van der Waals surface area contributed by atoms with Gasteiger partial charge in [-0.05, 0) is 29.3 Å². The van der Waals surface area contributed by atoms with Gasteiger partial charge in [0.1, 0.15) is 5.56 Å². The van der Waals surface area contributed by atoms with Crippen molar-refractivity contribution in [2.75, 3.05) is 6.79 Å². The molecule has 0 saturated carbocycles. The molecule has 1 aliphatic heterocycles. The largest absolute Gasteiger partial charge is 0.618 e. The molecule has 0 fully saturated rings. The number of fused-ring (bicyclic) bond motifs is 1. The number of hydrogen-bond donors (Lipinski definition) is 1. The van der Waals surface area contributed by atoms with E-state index in [0.717, 1.165) is 0 Å². The van der Waals surface area contributed by atoms with Crippen molar-refractivity contribution in [2.45, 2.75) is 12.7 Å². The predicted molar refractivity (Wildman–Crippen MR) is 79.1 cm³/mol. The normalized spacial score (nSPS) is 13.0. The number of ether oxygens (including phenoxy) is 2. The lowest BCUT2D eigenvalue weighted by molar-refractivity contribution is -0.603. The number of nitrogens with zero attached hydrogens (tertiary/aromatic N) is 1. The van der Waals surface area contributed by atoms with E-state index in [-0.39, 0.29) is 18.1 Å². The van der Waals surface area contributed by atoms with E-state index in [1.807, 2.05) is 0 Å². The van der Waals surface area contributed by atoms with Gasteiger partial charge in [-0.3, -0.25) is 4.79 Å². The lowest BCUT2D eigenvalue weighted by Gasteiger charge is -2.13. The summed E-state index contributed by atoms with van der Waals surface area (Å²) >= 11 is 5.61. The highest BCUT2D eigenvalue weighted by atomic mass is 35.5. The lowest BCUT2D eigenvalue weighted by Crippen LogP contribution is -2.34. The topological polar surface area (TPSA) is 74.5 Å². The molecule has 132 valence electrons. The zero-order valence-corrected chi connectivity index (χ0v) is 13.1. The molecule has 0 saturated heterocycles. The van der Waals surface area contributed by atoms with Crippen LogP contribution in [0, 0.1) is 5.21 Å². The third-order valence-electron chi connectivity index (χ3n) is 3.47. The number of carbonyl (C=O) groups excluding carboxylic acids is 1. The highest BCUT2D eigenvalue weighted by Gasteiger charge is 2.39. The van der Waals surface area contributed by atoms with Gasteiger partial charge < -0.3 is 20.0 Å². The van der Waals surface area contributed by atoms with Crippen molar-refractivity contribution < 1.29 is 32.2 Å². The Morgan fingerprint density at radius 3 is 2.72 bits per heavy atom. The quantitative estimate of drug-likeness (QED) is 0.509. The molecule has 2 aromatic rings. The van der Waals surface area contributed by atoms with E-state index < -0.39 is 28.4 Å². The maximum absolute atomic E-state index is 13.1. The van der Waals surface area contributed by atoms with Crippen molar-refractivity contribution in [3.05, 3.63) is 57.5 Å². The van der Waals surface area contributed by atoms with E-state index in [1.54, 1.807) is 18.2 Å². The number of nitrogens with one attached hydrogen (secondary N) is 1. The number of benzene rings is 1. The summed E-state index contributed by atoms with van der Waals surface area (Å²) in [5.41, 5.74) is -1.63. The minimum Gasteiger partial charge on any atom is -0.618 e. The Labute approximate surface area is 144 Å². The van der Waals surface area contributed by atoms with Gasteiger partial charge in [0.25, 0.3) is 11.1 Å². The van der Waals surface area contributed by atoms with Crippen LogP contribution in [-0.2, 0) is 12.7 Å². The fourth-order valence-electron chi connectivity index (χ4n) is 2.29. The minimum absolute atomic E-state index is 0.00766. The summed E-state index contributed by atoms with van der Waals surface area (Å²) < 4.78 is 49.5. The molecule has 25 heavy (non-hydrogen) atoms. The van der Waals surface area contributed by atoms with Crippen molar-refractivity contribution in [2.24, 2.45) is 0 Å². The molecule has 10 heteroatoms. The van der Waals surface area contributed by atoms with Crippen molar-refractivity contribution in [1.82, 2.24) is 5.32 Å². The zero-order valence-electron chi connectivity index (χ0n) is 12.4. The van der Waals surface area contributed by atoms with E-state index in [1.165, 1.54) is 0 Å². The first-order valence-electron chi connectivity index (χ1n) is 6.93. The zero-order chi connectivity index (χ0) is 18.2. The summed E-state index contributed by atoms with van der Waals surface area (Å²) in [4.78, 5) is 12.2. The van der Waals surface area contributed by atoms with Crippen LogP contribution < -0.4 is 19.5 Å². The second kappa shape index (κ2) is 6.32. The molecule has 6 nitrogen and oxygen atoms in total. The number of amides is 1. The van der Waals surface area contributed by atoms with Gasteiger partial charge in [-0.1, -0.05) is 6.07 Å². The molecule has 0 spiro atoms. The Bertz CT molecular complexity index is 842. The number of hydrogen-bond acceptors (Lipinski definition) is 4. The van der Waals surface area contributed by atoms with Gasteiger partial charge in [0.15, 0.2) is 17.7 Å². The van der Waals surface area contributed by atoms with Crippen LogP contribution in [0.1, 0.15) is 21.5 Å². The van der Waals surface area contributed by atoms with Crippen molar-refractivity contribution in [1.29, 1.82) is 0 Å². The van der Waals surface area contributed by atoms with Gasteiger partial charge in [0.2, 0.25) is 6.79 Å². The maximum Gasteiger partial charge on any atom is 0.417 e. The van der Waals surface area contributed by atoms with Crippen LogP contribution in [0.4, 0.5) is 13.2 Å². The Hall–Kier alpha value is -2.68. The molecule has 0 aliphatic carbocycles. The molecule has 0 bridgehead atoms. The fraction of sp³-hybridized carbons (Fsp3) is 0.200. The molecule has 1 aliphatic rings. The van der Waals surface area contributed by atoms with Gasteiger partial charge in [-0.2, -0.15) is 17.9 Å². The van der Waals surface area contributed by atoms with Crippen LogP contribution in [0.3, 0.4) is 0 Å². The maximum atomic E-state index is 13.1. The van der Waals surface area contributed by atoms with Gasteiger partial charge in [0, 0.05) is 12.6 Å². The number of aromatic nitrogens is 1. The second-order valence-corrected chi connectivity index (χ2v) is 5.45. The first-order chi connectivity index (χ1) is 11.8. The third-order valence-corrected chi connectivity index (χ3v) is 3.82. The molecule has 1 aromatic carbocycles. The van der Waals surface area contributed by atoms with Crippen molar-refractivity contribution in [3.8, 4) is 11.5 Å². The summed E-state index contributed by atoms with van der Waals surface area (Å²) in [6, 6.07) is 5.34. The number of alkyl halides is 3. The van der Waals surface area contributed by atoms with Gasteiger partial charge in [0.05, 0.1) is 5.56 Å². The number of carbonyl (C=O) groups is 1. The van der Waals surface area contributed by atoms with Crippen molar-refractivity contribution in [3.63, 3.8) is 0 Å². The number of halogens is 4. The van der Waals surface area contributed by atoms with E-state index >= 15 is 0 Å². The molecular formula is C15H10ClF3N2O4. The van der Waals surface area contributed by atoms with E-state index in [2.05, 4.69) is 5.32 Å². The Kier molecular flexibility index (Phi) is 4.34. The van der Waals surface area contributed by atoms with Crippen molar-refractivity contribution >= 4 is 17.5 Å². The first-order valence-corrected chi connectivity index (χ1v) is 7.31. The SMILES string of the molecule is O=C(NCc1ccc2c(c1)OCO2)c1c(C(F)(F)F)cc[n+]([O-])c1Cl. The van der Waals surface area contributed by atoms with Crippen LogP contribution in [0.5, 0.6) is 11.5 Å². The van der Waals surface area contributed by atoms with E-state index in [0.29, 0.717) is 29.3 Å². The van der Waals surface area contributed by atoms with Gasteiger partial charge >= 0.3 is 6.18 Å². The molecule has 1 aromatic heterocycles. The molecule has 0 atom stereocenters. The summed E-state index contributed by atoms with van der Waals surface area (Å²) in [7, 11) is 0. The summed E-state index contributed by atoms with van der Waals surface area (Å²) in [5, 5.41) is 12.9. The van der Waals surface area contributed by atoms with Gasteiger partial charge in [-0.15, -0.1) is 0 Å². The van der Waals surface area contributed by atoms with Crippen LogP contribution in [0.2, 0.25) is 5.15 Å². The monoisotopic (exact) mass is 374 g/mol. The van der Waals surface area contributed by atoms with E-state index in [4.69, 9.17) is 21.1 Å². The summed E-state index contributed by atoms with van der Waals surface area (Å²) in [5.74, 6) is -0.106. The van der Waals surface area contributed by atoms with Crippen LogP contribution in [-0.4, -0.2) is 12.7 Å². The number of pyridine rings is 1. The standard InChI is InChI=1S/C15H10ClF3N2O4/c16-13-12(9(15(17,18)19)3-4-21(13)23)14(22)20-6-8-1-2-10-11(5-8)25-7-24-10/h1-5H,6-7H2,(H,20,22). The fourth-order valence-corrected chi connectivity index (χ4v) is 2.53. The van der Waals surface area contributed by atoms with E-state index in [9.17, 15) is 23.2 Å². The second-order valence-electron chi connectivity index (χ2n) is 5.09. The minimum atomic E-state index is -4.83. The molecule has 1 N–H and O–H groups in total. The number of rotatable bonds is 3. The van der Waals surface area contributed by atoms with Gasteiger partial charge in [-0.25, -0.2) is 0 Å². The smallest absolute Gasteiger partial charge is 0.417 e. The highest BCUT2D eigenvalue weighted by Crippen LogP contribution is 2.34. The average Bonchev–Trinajstić information content (AvgIpc) is 3.01. The Morgan fingerprint density at radius 2 is 2.00 bits per heavy atom. The third kappa shape index (κ3) is 3.41. The summed E-state index contributed by atoms with van der Waals surface area (Å²) in [6.07, 6.45) is -4.23. The van der Waals surface area contributed by atoms with Crippen LogP contribution in [0.15, 0.2) is 30.5 Å². The molecule has 3 rings (SSSR count). The highest BCUT2D eigenvalue weighted by molar-refractivity contribution is 6.32. The first kappa shape index (κ1) is 17.2. The predicted octanol–water partition coefficient (Wildman–Crippen LogP) is 2.65. The molecular weight excluding hydrogens is 365 g/mol. The lowest BCUT2D eigenvalue weighted by atomic mass is 10.1. The molecule has 2 heterocycles.